The van der Waals surface area contributed by atoms with Gasteiger partial charge in [0.15, 0.2) is 0 Å². The smallest absolute Gasteiger partial charge is 0.150 e. The maximum atomic E-state index is 11.3. The van der Waals surface area contributed by atoms with Crippen LogP contribution in [0.2, 0.25) is 0 Å². The van der Waals surface area contributed by atoms with Gasteiger partial charge in [0.25, 0.3) is 0 Å². The van der Waals surface area contributed by atoms with E-state index in [1.54, 1.807) is 0 Å². The number of aryl methyl sites for hydroxylation is 1. The molecular formula is C27H36O. The van der Waals surface area contributed by atoms with Gasteiger partial charge in [-0.15, -0.1) is 0 Å². The van der Waals surface area contributed by atoms with E-state index in [4.69, 9.17) is 0 Å². The number of rotatable bonds is 8. The Kier molecular flexibility index (Phi) is 6.70. The first-order valence-electron chi connectivity index (χ1n) is 10.4. The average molecular weight is 377 g/mol. The molecule has 0 radical (unpaired) electrons. The normalized spacial score (nSPS) is 12.1. The molecule has 0 saturated carbocycles. The molecule has 2 aromatic rings. The van der Waals surface area contributed by atoms with E-state index in [9.17, 15) is 4.79 Å². The van der Waals surface area contributed by atoms with Crippen LogP contribution in [0.25, 0.3) is 0 Å². The van der Waals surface area contributed by atoms with Gasteiger partial charge in [-0.05, 0) is 72.9 Å². The molecule has 0 aliphatic heterocycles. The predicted octanol–water partition coefficient (Wildman–Crippen LogP) is 7.33. The lowest BCUT2D eigenvalue weighted by molar-refractivity contribution is 0.112. The summed E-state index contributed by atoms with van der Waals surface area (Å²) in [5.41, 5.74) is 8.37. The zero-order valence-corrected chi connectivity index (χ0v) is 18.8. The molecule has 0 saturated heterocycles. The van der Waals surface area contributed by atoms with Gasteiger partial charge in [0.05, 0.1) is 0 Å². The van der Waals surface area contributed by atoms with Crippen LogP contribution in [0.3, 0.4) is 0 Å². The van der Waals surface area contributed by atoms with E-state index in [1.807, 2.05) is 12.1 Å². The lowest BCUT2D eigenvalue weighted by Gasteiger charge is -2.32. The summed E-state index contributed by atoms with van der Waals surface area (Å²) in [6.07, 6.45) is 4.00. The van der Waals surface area contributed by atoms with Gasteiger partial charge in [-0.1, -0.05) is 76.6 Å². The van der Waals surface area contributed by atoms with Gasteiger partial charge in [0.1, 0.15) is 6.29 Å². The zero-order chi connectivity index (χ0) is 21.1. The number of hydrogen-bond acceptors (Lipinski definition) is 1. The van der Waals surface area contributed by atoms with Crippen molar-refractivity contribution in [2.24, 2.45) is 0 Å². The lowest BCUT2D eigenvalue weighted by Crippen LogP contribution is -2.23. The summed E-state index contributed by atoms with van der Waals surface area (Å²) in [5, 5.41) is 0. The van der Waals surface area contributed by atoms with Crippen LogP contribution in [-0.2, 0) is 17.3 Å². The van der Waals surface area contributed by atoms with E-state index in [-0.39, 0.29) is 10.8 Å². The van der Waals surface area contributed by atoms with Crippen LogP contribution in [0.1, 0.15) is 92.6 Å². The van der Waals surface area contributed by atoms with Gasteiger partial charge in [-0.2, -0.15) is 0 Å². The first-order chi connectivity index (χ1) is 13.1. The second-order valence-corrected chi connectivity index (χ2v) is 9.09. The van der Waals surface area contributed by atoms with Crippen molar-refractivity contribution < 1.29 is 4.79 Å². The van der Waals surface area contributed by atoms with Crippen molar-refractivity contribution in [1.82, 2.24) is 0 Å². The fourth-order valence-electron chi connectivity index (χ4n) is 3.90. The second kappa shape index (κ2) is 8.47. The maximum absolute atomic E-state index is 11.3. The molecule has 1 nitrogen and oxygen atoms in total. The van der Waals surface area contributed by atoms with Crippen molar-refractivity contribution in [3.63, 3.8) is 0 Å². The number of aldehydes is 1. The van der Waals surface area contributed by atoms with Crippen LogP contribution in [0.5, 0.6) is 0 Å². The largest absolute Gasteiger partial charge is 0.298 e. The highest BCUT2D eigenvalue weighted by Gasteiger charge is 2.28. The third kappa shape index (κ3) is 4.46. The Morgan fingerprint density at radius 1 is 1.04 bits per heavy atom. The summed E-state index contributed by atoms with van der Waals surface area (Å²) in [7, 11) is 0. The molecule has 0 amide bonds. The summed E-state index contributed by atoms with van der Waals surface area (Å²) in [6.45, 7) is 19.8. The van der Waals surface area contributed by atoms with Crippen molar-refractivity contribution in [2.45, 2.75) is 78.6 Å². The molecule has 0 bridgehead atoms. The molecule has 0 unspecified atom stereocenters. The standard InChI is InChI=1S/C27H36O/c1-9-27(8,10-2)24-11-12-25(26(6,7)19(3)4)23(17-24)16-21-13-20(5)14-22(15-21)18-28/h11-15,17-18H,3,9-10,16H2,1-2,4-8H3. The third-order valence-corrected chi connectivity index (χ3v) is 6.79. The number of carbonyl (C=O) groups excluding carboxylic acids is 1. The van der Waals surface area contributed by atoms with Crippen LogP contribution in [0.4, 0.5) is 0 Å². The van der Waals surface area contributed by atoms with E-state index in [0.717, 1.165) is 42.2 Å². The molecule has 0 aliphatic rings. The summed E-state index contributed by atoms with van der Waals surface area (Å²) in [5.74, 6) is 0. The van der Waals surface area contributed by atoms with Gasteiger partial charge < -0.3 is 0 Å². The van der Waals surface area contributed by atoms with Crippen molar-refractivity contribution in [1.29, 1.82) is 0 Å². The van der Waals surface area contributed by atoms with Crippen molar-refractivity contribution in [3.05, 3.63) is 81.9 Å². The topological polar surface area (TPSA) is 17.1 Å². The highest BCUT2D eigenvalue weighted by atomic mass is 16.1. The number of benzene rings is 2. The Hall–Kier alpha value is -2.15. The van der Waals surface area contributed by atoms with E-state index in [0.29, 0.717) is 0 Å². The first kappa shape index (κ1) is 22.1. The summed E-state index contributed by atoms with van der Waals surface area (Å²) < 4.78 is 0. The second-order valence-electron chi connectivity index (χ2n) is 9.09. The Labute approximate surface area is 171 Å². The number of carbonyl (C=O) groups is 1. The lowest BCUT2D eigenvalue weighted by atomic mass is 9.72. The summed E-state index contributed by atoms with van der Waals surface area (Å²) in [4.78, 5) is 11.3. The first-order valence-corrected chi connectivity index (χ1v) is 10.4. The Bertz CT molecular complexity index is 866. The Morgan fingerprint density at radius 3 is 2.21 bits per heavy atom. The minimum atomic E-state index is -0.0972. The maximum Gasteiger partial charge on any atom is 0.150 e. The quantitative estimate of drug-likeness (QED) is 0.348. The molecule has 0 spiro atoms. The van der Waals surface area contributed by atoms with Crippen LogP contribution >= 0.6 is 0 Å². The molecule has 1 heteroatoms. The Morgan fingerprint density at radius 2 is 1.68 bits per heavy atom. The van der Waals surface area contributed by atoms with Crippen LogP contribution in [0, 0.1) is 6.92 Å². The van der Waals surface area contributed by atoms with Gasteiger partial charge in [-0.25, -0.2) is 0 Å². The van der Waals surface area contributed by atoms with Gasteiger partial charge in [0, 0.05) is 11.0 Å². The van der Waals surface area contributed by atoms with Crippen molar-refractivity contribution in [2.75, 3.05) is 0 Å². The molecule has 0 heterocycles. The number of hydrogen-bond donors (Lipinski definition) is 0. The molecule has 0 fully saturated rings. The molecule has 0 N–H and O–H groups in total. The molecule has 2 rings (SSSR count). The molecule has 0 aromatic heterocycles. The predicted molar refractivity (Wildman–Crippen MR) is 122 cm³/mol. The highest BCUT2D eigenvalue weighted by Crippen LogP contribution is 2.38. The van der Waals surface area contributed by atoms with Crippen molar-refractivity contribution in [3.8, 4) is 0 Å². The molecule has 150 valence electrons. The average Bonchev–Trinajstić information content (AvgIpc) is 2.66. The van der Waals surface area contributed by atoms with Crippen LogP contribution in [0.15, 0.2) is 48.6 Å². The van der Waals surface area contributed by atoms with Crippen LogP contribution in [-0.4, -0.2) is 6.29 Å². The zero-order valence-electron chi connectivity index (χ0n) is 18.8. The van der Waals surface area contributed by atoms with Gasteiger partial charge in [0.2, 0.25) is 0 Å². The summed E-state index contributed by atoms with van der Waals surface area (Å²) in [6, 6.07) is 13.2. The highest BCUT2D eigenvalue weighted by molar-refractivity contribution is 5.75. The Balaban J connectivity index is 2.65. The SMILES string of the molecule is C=C(C)C(C)(C)c1ccc(C(C)(CC)CC)cc1Cc1cc(C)cc(C=O)c1. The van der Waals surface area contributed by atoms with E-state index in [2.05, 4.69) is 79.3 Å². The van der Waals surface area contributed by atoms with E-state index < -0.39 is 0 Å². The monoisotopic (exact) mass is 376 g/mol. The minimum Gasteiger partial charge on any atom is -0.298 e. The molecule has 0 aliphatic carbocycles. The number of allylic oxidation sites excluding steroid dienone is 1. The fourth-order valence-corrected chi connectivity index (χ4v) is 3.90. The molecule has 28 heavy (non-hydrogen) atoms. The molecular weight excluding hydrogens is 340 g/mol. The molecule has 0 atom stereocenters. The van der Waals surface area contributed by atoms with E-state index in [1.165, 1.54) is 22.3 Å². The van der Waals surface area contributed by atoms with Crippen LogP contribution < -0.4 is 0 Å². The molecule has 2 aromatic carbocycles. The fraction of sp³-hybridized carbons (Fsp3) is 0.444. The van der Waals surface area contributed by atoms with Gasteiger partial charge >= 0.3 is 0 Å². The summed E-state index contributed by atoms with van der Waals surface area (Å²) >= 11 is 0. The minimum absolute atomic E-state index is 0.0972. The van der Waals surface area contributed by atoms with E-state index >= 15 is 0 Å². The van der Waals surface area contributed by atoms with Gasteiger partial charge in [-0.3, -0.25) is 4.79 Å². The third-order valence-electron chi connectivity index (χ3n) is 6.79. The van der Waals surface area contributed by atoms with Crippen molar-refractivity contribution >= 4 is 6.29 Å².